The van der Waals surface area contributed by atoms with Crippen LogP contribution in [0.1, 0.15) is 28.4 Å². The van der Waals surface area contributed by atoms with E-state index < -0.39 is 17.4 Å². The molecule has 0 spiro atoms. The number of hydrogen-bond donors (Lipinski definition) is 2. The molecule has 148 valence electrons. The molecule has 1 heterocycles. The molecule has 1 aliphatic heterocycles. The molecule has 0 saturated carbocycles. The highest BCUT2D eigenvalue weighted by Gasteiger charge is 2.37. The third kappa shape index (κ3) is 4.58. The van der Waals surface area contributed by atoms with E-state index in [1.54, 1.807) is 30.3 Å². The van der Waals surface area contributed by atoms with Gasteiger partial charge in [0.1, 0.15) is 0 Å². The lowest BCUT2D eigenvalue weighted by molar-refractivity contribution is -0.144. The molecule has 2 aromatic carbocycles. The highest BCUT2D eigenvalue weighted by molar-refractivity contribution is 5.98. The van der Waals surface area contributed by atoms with Crippen LogP contribution in [0.3, 0.4) is 0 Å². The van der Waals surface area contributed by atoms with Crippen LogP contribution in [0, 0.1) is 0 Å². The third-order valence-electron chi connectivity index (χ3n) is 5.33. The van der Waals surface area contributed by atoms with Gasteiger partial charge in [0.05, 0.1) is 0 Å². The van der Waals surface area contributed by atoms with Crippen LogP contribution < -0.4 is 5.32 Å². The second-order valence-electron chi connectivity index (χ2n) is 7.53. The SMILES string of the molecule is CN1CCN(Cc2cccc(C(=O)NC(C)(C(=O)O)c3ccccc3)c2)CC1. The van der Waals surface area contributed by atoms with Crippen molar-refractivity contribution in [2.24, 2.45) is 0 Å². The van der Waals surface area contributed by atoms with Gasteiger partial charge in [0, 0.05) is 38.3 Å². The number of benzene rings is 2. The van der Waals surface area contributed by atoms with Crippen LogP contribution in [0.5, 0.6) is 0 Å². The van der Waals surface area contributed by atoms with Gasteiger partial charge in [-0.2, -0.15) is 0 Å². The van der Waals surface area contributed by atoms with Crippen molar-refractivity contribution in [3.63, 3.8) is 0 Å². The minimum Gasteiger partial charge on any atom is -0.479 e. The van der Waals surface area contributed by atoms with Crippen molar-refractivity contribution in [2.45, 2.75) is 19.0 Å². The van der Waals surface area contributed by atoms with E-state index in [0.29, 0.717) is 11.1 Å². The number of rotatable bonds is 6. The van der Waals surface area contributed by atoms with E-state index in [1.165, 1.54) is 6.92 Å². The highest BCUT2D eigenvalue weighted by atomic mass is 16.4. The van der Waals surface area contributed by atoms with Gasteiger partial charge in [0.2, 0.25) is 0 Å². The zero-order chi connectivity index (χ0) is 20.1. The van der Waals surface area contributed by atoms with E-state index in [9.17, 15) is 14.7 Å². The Morgan fingerprint density at radius 3 is 2.36 bits per heavy atom. The molecule has 1 unspecified atom stereocenters. The minimum atomic E-state index is -1.49. The van der Waals surface area contributed by atoms with Crippen LogP contribution >= 0.6 is 0 Å². The first kappa shape index (κ1) is 20.0. The number of piperazine rings is 1. The standard InChI is InChI=1S/C22H27N3O3/c1-22(21(27)28,19-9-4-3-5-10-19)23-20(26)18-8-6-7-17(15-18)16-25-13-11-24(2)12-14-25/h3-10,15H,11-14,16H2,1-2H3,(H,23,26)(H,27,28). The maximum absolute atomic E-state index is 12.8. The average molecular weight is 381 g/mol. The molecule has 1 aliphatic rings. The first-order valence-electron chi connectivity index (χ1n) is 9.50. The molecule has 0 bridgehead atoms. The molecule has 0 aromatic heterocycles. The van der Waals surface area contributed by atoms with Crippen molar-refractivity contribution < 1.29 is 14.7 Å². The zero-order valence-electron chi connectivity index (χ0n) is 16.4. The maximum Gasteiger partial charge on any atom is 0.333 e. The lowest BCUT2D eigenvalue weighted by atomic mass is 9.91. The fourth-order valence-electron chi connectivity index (χ4n) is 3.39. The Labute approximate surface area is 165 Å². The monoisotopic (exact) mass is 381 g/mol. The number of carboxylic acid groups (broad SMARTS) is 1. The summed E-state index contributed by atoms with van der Waals surface area (Å²) in [7, 11) is 2.12. The van der Waals surface area contributed by atoms with E-state index in [2.05, 4.69) is 22.2 Å². The number of nitrogens with zero attached hydrogens (tertiary/aromatic N) is 2. The van der Waals surface area contributed by atoms with Gasteiger partial charge in [0.25, 0.3) is 5.91 Å². The molecule has 1 fully saturated rings. The Kier molecular flexibility index (Phi) is 6.11. The number of likely N-dealkylation sites (N-methyl/N-ethyl adjacent to an activating group) is 1. The van der Waals surface area contributed by atoms with Crippen LogP contribution in [0.4, 0.5) is 0 Å². The summed E-state index contributed by atoms with van der Waals surface area (Å²) in [5.41, 5.74) is 0.555. The van der Waals surface area contributed by atoms with Gasteiger partial charge in [-0.05, 0) is 37.2 Å². The summed E-state index contributed by atoms with van der Waals surface area (Å²) in [5, 5.41) is 12.5. The van der Waals surface area contributed by atoms with Crippen molar-refractivity contribution in [1.29, 1.82) is 0 Å². The smallest absolute Gasteiger partial charge is 0.333 e. The van der Waals surface area contributed by atoms with Crippen molar-refractivity contribution >= 4 is 11.9 Å². The van der Waals surface area contributed by atoms with Crippen LogP contribution in [-0.2, 0) is 16.9 Å². The zero-order valence-corrected chi connectivity index (χ0v) is 16.4. The van der Waals surface area contributed by atoms with E-state index in [0.717, 1.165) is 38.3 Å². The number of carboxylic acids is 1. The topological polar surface area (TPSA) is 72.9 Å². The lowest BCUT2D eigenvalue weighted by Crippen LogP contribution is -2.49. The number of aliphatic carboxylic acids is 1. The molecular formula is C22H27N3O3. The number of carbonyl (C=O) groups is 2. The van der Waals surface area contributed by atoms with E-state index in [-0.39, 0.29) is 0 Å². The predicted molar refractivity (Wildman–Crippen MR) is 108 cm³/mol. The van der Waals surface area contributed by atoms with Crippen molar-refractivity contribution in [2.75, 3.05) is 33.2 Å². The molecule has 0 aliphatic carbocycles. The quantitative estimate of drug-likeness (QED) is 0.802. The van der Waals surface area contributed by atoms with Gasteiger partial charge in [0.15, 0.2) is 5.54 Å². The molecule has 1 atom stereocenters. The van der Waals surface area contributed by atoms with E-state index >= 15 is 0 Å². The normalized spacial score (nSPS) is 17.6. The van der Waals surface area contributed by atoms with E-state index in [4.69, 9.17) is 0 Å². The van der Waals surface area contributed by atoms with Crippen LogP contribution in [0.25, 0.3) is 0 Å². The van der Waals surface area contributed by atoms with Gasteiger partial charge >= 0.3 is 5.97 Å². The van der Waals surface area contributed by atoms with Crippen molar-refractivity contribution in [3.05, 3.63) is 71.3 Å². The van der Waals surface area contributed by atoms with Crippen molar-refractivity contribution in [1.82, 2.24) is 15.1 Å². The van der Waals surface area contributed by atoms with Gasteiger partial charge < -0.3 is 15.3 Å². The highest BCUT2D eigenvalue weighted by Crippen LogP contribution is 2.22. The summed E-state index contributed by atoms with van der Waals surface area (Å²) < 4.78 is 0. The van der Waals surface area contributed by atoms with Gasteiger partial charge in [-0.25, -0.2) is 4.79 Å². The Hall–Kier alpha value is -2.70. The minimum absolute atomic E-state index is 0.394. The number of hydrogen-bond acceptors (Lipinski definition) is 4. The molecule has 6 heteroatoms. The summed E-state index contributed by atoms with van der Waals surface area (Å²) in [6.45, 7) is 6.36. The fourth-order valence-corrected chi connectivity index (χ4v) is 3.39. The summed E-state index contributed by atoms with van der Waals surface area (Å²) in [6, 6.07) is 16.2. The summed E-state index contributed by atoms with van der Waals surface area (Å²) in [6.07, 6.45) is 0. The molecule has 2 aromatic rings. The molecule has 0 radical (unpaired) electrons. The third-order valence-corrected chi connectivity index (χ3v) is 5.33. The van der Waals surface area contributed by atoms with Crippen LogP contribution in [-0.4, -0.2) is 60.0 Å². The van der Waals surface area contributed by atoms with Gasteiger partial charge in [-0.3, -0.25) is 9.69 Å². The molecular weight excluding hydrogens is 354 g/mol. The molecule has 1 amide bonds. The number of amides is 1. The largest absolute Gasteiger partial charge is 0.479 e. The lowest BCUT2D eigenvalue weighted by Gasteiger charge is -2.32. The Morgan fingerprint density at radius 1 is 1.04 bits per heavy atom. The average Bonchev–Trinajstić information content (AvgIpc) is 2.70. The first-order valence-corrected chi connectivity index (χ1v) is 9.50. The number of nitrogens with one attached hydrogen (secondary N) is 1. The summed E-state index contributed by atoms with van der Waals surface area (Å²) in [4.78, 5) is 29.4. The number of carbonyl (C=O) groups excluding carboxylic acids is 1. The summed E-state index contributed by atoms with van der Waals surface area (Å²) in [5.74, 6) is -1.49. The van der Waals surface area contributed by atoms with Gasteiger partial charge in [-0.1, -0.05) is 42.5 Å². The summed E-state index contributed by atoms with van der Waals surface area (Å²) >= 11 is 0. The molecule has 2 N–H and O–H groups in total. The van der Waals surface area contributed by atoms with E-state index in [1.807, 2.05) is 24.3 Å². The Morgan fingerprint density at radius 2 is 1.71 bits per heavy atom. The molecule has 28 heavy (non-hydrogen) atoms. The Balaban J connectivity index is 1.74. The predicted octanol–water partition coefficient (Wildman–Crippen LogP) is 2.16. The Bertz CT molecular complexity index is 832. The molecule has 3 rings (SSSR count). The van der Waals surface area contributed by atoms with Crippen molar-refractivity contribution in [3.8, 4) is 0 Å². The van der Waals surface area contributed by atoms with Gasteiger partial charge in [-0.15, -0.1) is 0 Å². The van der Waals surface area contributed by atoms with Crippen LogP contribution in [0.15, 0.2) is 54.6 Å². The first-order chi connectivity index (χ1) is 13.4. The molecule has 1 saturated heterocycles. The molecule has 6 nitrogen and oxygen atoms in total. The second kappa shape index (κ2) is 8.54. The second-order valence-corrected chi connectivity index (χ2v) is 7.53. The maximum atomic E-state index is 12.8. The van der Waals surface area contributed by atoms with Crippen LogP contribution in [0.2, 0.25) is 0 Å². The fraction of sp³-hybridized carbons (Fsp3) is 0.364.